The summed E-state index contributed by atoms with van der Waals surface area (Å²) in [5, 5.41) is 3.80. The molecule has 0 unspecified atom stereocenters. The zero-order valence-electron chi connectivity index (χ0n) is 20.4. The first-order valence-electron chi connectivity index (χ1n) is 11.6. The Morgan fingerprint density at radius 2 is 1.66 bits per heavy atom. The van der Waals surface area contributed by atoms with Crippen LogP contribution in [0, 0.1) is 0 Å². The molecule has 0 spiro atoms. The molecule has 0 bridgehead atoms. The van der Waals surface area contributed by atoms with Crippen LogP contribution in [0.3, 0.4) is 0 Å². The van der Waals surface area contributed by atoms with Crippen LogP contribution in [0.25, 0.3) is 22.2 Å². The number of hydrogen-bond acceptors (Lipinski definition) is 4. The highest BCUT2D eigenvalue weighted by Crippen LogP contribution is 2.26. The minimum absolute atomic E-state index is 0.0232. The van der Waals surface area contributed by atoms with Gasteiger partial charge in [0, 0.05) is 36.1 Å². The molecule has 0 fully saturated rings. The van der Waals surface area contributed by atoms with E-state index in [-0.39, 0.29) is 17.9 Å². The Morgan fingerprint density at radius 1 is 0.971 bits per heavy atom. The van der Waals surface area contributed by atoms with Crippen molar-refractivity contribution >= 4 is 22.7 Å². The van der Waals surface area contributed by atoms with Crippen molar-refractivity contribution in [3.63, 3.8) is 0 Å². The summed E-state index contributed by atoms with van der Waals surface area (Å²) in [6.45, 7) is 4.30. The first kappa shape index (κ1) is 24.0. The van der Waals surface area contributed by atoms with Crippen LogP contribution in [0.4, 0.5) is 0 Å². The summed E-state index contributed by atoms with van der Waals surface area (Å²) < 4.78 is 5.25. The van der Waals surface area contributed by atoms with Gasteiger partial charge >= 0.3 is 0 Å². The minimum atomic E-state index is -0.182. The van der Waals surface area contributed by atoms with Gasteiger partial charge in [-0.25, -0.2) is 4.98 Å². The first-order valence-corrected chi connectivity index (χ1v) is 11.6. The highest BCUT2D eigenvalue weighted by molar-refractivity contribution is 6.07. The van der Waals surface area contributed by atoms with Crippen molar-refractivity contribution in [2.45, 2.75) is 26.4 Å². The molecule has 0 saturated heterocycles. The number of nitrogens with zero attached hydrogens (tertiary/aromatic N) is 2. The van der Waals surface area contributed by atoms with E-state index < -0.39 is 0 Å². The molecule has 0 saturated carbocycles. The Morgan fingerprint density at radius 3 is 2.31 bits per heavy atom. The van der Waals surface area contributed by atoms with Crippen LogP contribution >= 0.6 is 0 Å². The van der Waals surface area contributed by atoms with Gasteiger partial charge in [-0.15, -0.1) is 0 Å². The van der Waals surface area contributed by atoms with Crippen molar-refractivity contribution in [1.29, 1.82) is 0 Å². The number of hydrogen-bond donors (Lipinski definition) is 1. The van der Waals surface area contributed by atoms with Gasteiger partial charge in [-0.1, -0.05) is 30.3 Å². The van der Waals surface area contributed by atoms with E-state index in [1.54, 1.807) is 31.2 Å². The molecule has 4 rings (SSSR count). The summed E-state index contributed by atoms with van der Waals surface area (Å²) in [5.41, 5.74) is 4.47. The Bertz CT molecular complexity index is 1350. The lowest BCUT2D eigenvalue weighted by atomic mass is 10.0. The molecule has 3 aromatic carbocycles. The zero-order chi connectivity index (χ0) is 24.9. The van der Waals surface area contributed by atoms with Crippen LogP contribution in [0.5, 0.6) is 5.75 Å². The summed E-state index contributed by atoms with van der Waals surface area (Å²) >= 11 is 0. The quantitative estimate of drug-likeness (QED) is 0.399. The third-order valence-electron chi connectivity index (χ3n) is 6.10. The van der Waals surface area contributed by atoms with Crippen LogP contribution in [-0.2, 0) is 6.54 Å². The highest BCUT2D eigenvalue weighted by atomic mass is 16.5. The van der Waals surface area contributed by atoms with E-state index in [4.69, 9.17) is 9.72 Å². The molecule has 0 atom stereocenters. The largest absolute Gasteiger partial charge is 0.497 e. The molecule has 0 aliphatic carbocycles. The normalized spacial score (nSPS) is 10.9. The van der Waals surface area contributed by atoms with Gasteiger partial charge < -0.3 is 15.0 Å². The van der Waals surface area contributed by atoms with Gasteiger partial charge in [-0.2, -0.15) is 0 Å². The maximum Gasteiger partial charge on any atom is 0.253 e. The molecular weight excluding hydrogens is 438 g/mol. The van der Waals surface area contributed by atoms with Gasteiger partial charge in [-0.3, -0.25) is 9.59 Å². The number of benzene rings is 3. The van der Waals surface area contributed by atoms with Crippen molar-refractivity contribution in [3.05, 3.63) is 95.6 Å². The van der Waals surface area contributed by atoms with Gasteiger partial charge in [0.2, 0.25) is 0 Å². The van der Waals surface area contributed by atoms with Crippen molar-refractivity contribution < 1.29 is 14.3 Å². The first-order chi connectivity index (χ1) is 16.9. The van der Waals surface area contributed by atoms with Gasteiger partial charge in [0.25, 0.3) is 11.8 Å². The molecule has 178 valence electrons. The lowest BCUT2D eigenvalue weighted by Gasteiger charge is -2.21. The lowest BCUT2D eigenvalue weighted by molar-refractivity contribution is 0.0754. The number of nitrogens with one attached hydrogen (secondary N) is 1. The Hall–Kier alpha value is -4.19. The molecule has 0 aliphatic heterocycles. The van der Waals surface area contributed by atoms with Crippen LogP contribution in [0.1, 0.15) is 40.1 Å². The van der Waals surface area contributed by atoms with Crippen molar-refractivity contribution in [2.75, 3.05) is 14.2 Å². The summed E-state index contributed by atoms with van der Waals surface area (Å²) in [4.78, 5) is 32.2. The number of amides is 2. The summed E-state index contributed by atoms with van der Waals surface area (Å²) in [5.74, 6) is 0.555. The zero-order valence-corrected chi connectivity index (χ0v) is 20.4. The molecule has 6 nitrogen and oxygen atoms in total. The van der Waals surface area contributed by atoms with E-state index in [0.29, 0.717) is 23.4 Å². The number of pyridine rings is 1. The predicted octanol–water partition coefficient (Wildman–Crippen LogP) is 5.32. The van der Waals surface area contributed by atoms with Crippen LogP contribution < -0.4 is 10.1 Å². The molecule has 4 aromatic rings. The monoisotopic (exact) mass is 467 g/mol. The number of carbonyl (C=O) groups excluding carboxylic acids is 2. The minimum Gasteiger partial charge on any atom is -0.497 e. The van der Waals surface area contributed by atoms with E-state index in [9.17, 15) is 9.59 Å². The molecule has 1 N–H and O–H groups in total. The van der Waals surface area contributed by atoms with E-state index in [0.717, 1.165) is 27.8 Å². The molecule has 1 heterocycles. The molecule has 2 amide bonds. The highest BCUT2D eigenvalue weighted by Gasteiger charge is 2.16. The van der Waals surface area contributed by atoms with Gasteiger partial charge in [0.15, 0.2) is 0 Å². The molecule has 0 radical (unpaired) electrons. The average molecular weight is 468 g/mol. The van der Waals surface area contributed by atoms with Gasteiger partial charge in [0.1, 0.15) is 5.75 Å². The van der Waals surface area contributed by atoms with Gasteiger partial charge in [0.05, 0.1) is 23.9 Å². The fourth-order valence-corrected chi connectivity index (χ4v) is 3.75. The molecule has 0 aliphatic rings. The topological polar surface area (TPSA) is 71.5 Å². The summed E-state index contributed by atoms with van der Waals surface area (Å²) in [7, 11) is 3.42. The van der Waals surface area contributed by atoms with Crippen molar-refractivity contribution in [1.82, 2.24) is 15.2 Å². The second kappa shape index (κ2) is 10.4. The SMILES string of the molecule is COc1ccc(-c2cc(C(=O)NCc3ccc(C(=O)N(C)C(C)C)cc3)c3ccccc3n2)cc1. The van der Waals surface area contributed by atoms with Crippen molar-refractivity contribution in [2.24, 2.45) is 0 Å². The number of para-hydroxylation sites is 1. The average Bonchev–Trinajstić information content (AvgIpc) is 2.90. The fourth-order valence-electron chi connectivity index (χ4n) is 3.75. The molecular formula is C29H29N3O3. The number of fused-ring (bicyclic) bond motifs is 1. The Balaban J connectivity index is 1.55. The maximum atomic E-state index is 13.2. The number of aromatic nitrogens is 1. The molecule has 35 heavy (non-hydrogen) atoms. The molecule has 1 aromatic heterocycles. The predicted molar refractivity (Wildman–Crippen MR) is 139 cm³/mol. The summed E-state index contributed by atoms with van der Waals surface area (Å²) in [6, 6.07) is 24.5. The maximum absolute atomic E-state index is 13.2. The number of ether oxygens (including phenoxy) is 1. The third-order valence-corrected chi connectivity index (χ3v) is 6.10. The smallest absolute Gasteiger partial charge is 0.253 e. The number of methoxy groups -OCH3 is 1. The van der Waals surface area contributed by atoms with Crippen LogP contribution in [-0.4, -0.2) is 41.9 Å². The summed E-state index contributed by atoms with van der Waals surface area (Å²) in [6.07, 6.45) is 0. The van der Waals surface area contributed by atoms with Crippen LogP contribution in [0.15, 0.2) is 78.9 Å². The standard InChI is InChI=1S/C29H29N3O3/c1-19(2)32(3)29(34)22-11-9-20(10-12-22)18-30-28(33)25-17-27(21-13-15-23(35-4)16-14-21)31-26-8-6-5-7-24(25)26/h5-17,19H,18H2,1-4H3,(H,30,33). The van der Waals surface area contributed by atoms with Crippen molar-refractivity contribution in [3.8, 4) is 17.0 Å². The van der Waals surface area contributed by atoms with E-state index >= 15 is 0 Å². The lowest BCUT2D eigenvalue weighted by Crippen LogP contribution is -2.32. The van der Waals surface area contributed by atoms with E-state index in [1.165, 1.54) is 0 Å². The van der Waals surface area contributed by atoms with E-state index in [2.05, 4.69) is 5.32 Å². The second-order valence-electron chi connectivity index (χ2n) is 8.69. The van der Waals surface area contributed by atoms with E-state index in [1.807, 2.05) is 80.6 Å². The Kier molecular flexibility index (Phi) is 7.11. The fraction of sp³-hybridized carbons (Fsp3) is 0.207. The third kappa shape index (κ3) is 5.32. The second-order valence-corrected chi connectivity index (χ2v) is 8.69. The molecule has 6 heteroatoms. The van der Waals surface area contributed by atoms with Gasteiger partial charge in [-0.05, 0) is 67.9 Å². The van der Waals surface area contributed by atoms with Crippen LogP contribution in [0.2, 0.25) is 0 Å². The Labute approximate surface area is 205 Å². The number of rotatable bonds is 7. The number of carbonyl (C=O) groups is 2.